The molecule has 6 nitrogen and oxygen atoms in total. The van der Waals surface area contributed by atoms with E-state index in [1.807, 2.05) is 48.5 Å². The van der Waals surface area contributed by atoms with Crippen LogP contribution < -0.4 is 4.74 Å². The molecule has 0 radical (unpaired) electrons. The fourth-order valence-corrected chi connectivity index (χ4v) is 4.31. The Balaban J connectivity index is 1.27. The van der Waals surface area contributed by atoms with Crippen LogP contribution in [0.3, 0.4) is 0 Å². The predicted octanol–water partition coefficient (Wildman–Crippen LogP) is 9.76. The summed E-state index contributed by atoms with van der Waals surface area (Å²) in [4.78, 5) is 0. The van der Waals surface area contributed by atoms with Gasteiger partial charge in [0.25, 0.3) is 0 Å². The van der Waals surface area contributed by atoms with E-state index in [4.69, 9.17) is 9.47 Å². The van der Waals surface area contributed by atoms with E-state index in [1.165, 1.54) is 18.4 Å². The molecule has 36 heavy (non-hydrogen) atoms. The van der Waals surface area contributed by atoms with E-state index < -0.39 is 0 Å². The highest BCUT2D eigenvalue weighted by atomic mass is 16.5. The number of hydrogen-bond donors (Lipinski definition) is 0. The van der Waals surface area contributed by atoms with Gasteiger partial charge in [-0.1, -0.05) is 26.0 Å². The molecule has 3 aromatic rings. The van der Waals surface area contributed by atoms with Crippen LogP contribution in [0.25, 0.3) is 0 Å². The van der Waals surface area contributed by atoms with Crippen molar-refractivity contribution in [3.05, 3.63) is 78.4 Å². The maximum absolute atomic E-state index is 5.92. The summed E-state index contributed by atoms with van der Waals surface area (Å²) in [5.41, 5.74) is 4.57. The predicted molar refractivity (Wildman–Crippen MR) is 145 cm³/mol. The molecule has 1 fully saturated rings. The first kappa shape index (κ1) is 25.7. The molecule has 0 aromatic heterocycles. The fourth-order valence-electron chi connectivity index (χ4n) is 4.31. The summed E-state index contributed by atoms with van der Waals surface area (Å²) in [6.07, 6.45) is 7.22. The second kappa shape index (κ2) is 13.6. The van der Waals surface area contributed by atoms with Crippen molar-refractivity contribution in [2.24, 2.45) is 20.5 Å². The normalized spacial score (nSPS) is 18.2. The Morgan fingerprint density at radius 1 is 0.583 bits per heavy atom. The summed E-state index contributed by atoms with van der Waals surface area (Å²) in [6.45, 7) is 5.85. The zero-order valence-corrected chi connectivity index (χ0v) is 21.3. The molecule has 0 aliphatic heterocycles. The Morgan fingerprint density at radius 2 is 1.03 bits per heavy atom. The van der Waals surface area contributed by atoms with Crippen molar-refractivity contribution < 1.29 is 9.47 Å². The quantitative estimate of drug-likeness (QED) is 0.254. The minimum Gasteiger partial charge on any atom is -0.494 e. The van der Waals surface area contributed by atoms with Crippen LogP contribution in [0.2, 0.25) is 0 Å². The third-order valence-electron chi connectivity index (χ3n) is 6.32. The lowest BCUT2D eigenvalue weighted by atomic mass is 9.82. The van der Waals surface area contributed by atoms with Gasteiger partial charge in [-0.05, 0) is 111 Å². The molecule has 0 amide bonds. The average Bonchev–Trinajstić information content (AvgIpc) is 2.94. The van der Waals surface area contributed by atoms with Crippen molar-refractivity contribution in [1.82, 2.24) is 0 Å². The lowest BCUT2D eigenvalue weighted by molar-refractivity contribution is 0.0251. The molecule has 0 N–H and O–H groups in total. The first-order valence-corrected chi connectivity index (χ1v) is 13.1. The summed E-state index contributed by atoms with van der Waals surface area (Å²) in [7, 11) is 0. The molecule has 0 unspecified atom stereocenters. The topological polar surface area (TPSA) is 67.9 Å². The van der Waals surface area contributed by atoms with Gasteiger partial charge < -0.3 is 9.47 Å². The number of hydrogen-bond acceptors (Lipinski definition) is 6. The van der Waals surface area contributed by atoms with E-state index in [1.54, 1.807) is 0 Å². The molecule has 0 saturated heterocycles. The van der Waals surface area contributed by atoms with E-state index in [0.29, 0.717) is 18.6 Å². The van der Waals surface area contributed by atoms with E-state index >= 15 is 0 Å². The van der Waals surface area contributed by atoms with Crippen molar-refractivity contribution in [2.75, 3.05) is 13.2 Å². The van der Waals surface area contributed by atoms with Crippen LogP contribution in [-0.4, -0.2) is 19.3 Å². The lowest BCUT2D eigenvalue weighted by Crippen LogP contribution is -2.21. The Bertz CT molecular complexity index is 1100. The molecule has 1 aliphatic carbocycles. The zero-order valence-electron chi connectivity index (χ0n) is 21.3. The van der Waals surface area contributed by atoms with Crippen molar-refractivity contribution in [1.29, 1.82) is 0 Å². The van der Waals surface area contributed by atoms with Crippen LogP contribution >= 0.6 is 0 Å². The Kier molecular flexibility index (Phi) is 9.74. The van der Waals surface area contributed by atoms with Crippen molar-refractivity contribution in [3.63, 3.8) is 0 Å². The van der Waals surface area contributed by atoms with Gasteiger partial charge in [-0.2, -0.15) is 20.5 Å². The highest BCUT2D eigenvalue weighted by Crippen LogP contribution is 2.35. The summed E-state index contributed by atoms with van der Waals surface area (Å²) >= 11 is 0. The second-order valence-electron chi connectivity index (χ2n) is 9.19. The Labute approximate surface area is 214 Å². The average molecular weight is 485 g/mol. The van der Waals surface area contributed by atoms with Crippen LogP contribution in [0.1, 0.15) is 63.9 Å². The number of benzene rings is 3. The molecule has 0 bridgehead atoms. The van der Waals surface area contributed by atoms with Crippen LogP contribution in [0.5, 0.6) is 5.75 Å². The van der Waals surface area contributed by atoms with Crippen molar-refractivity contribution in [2.45, 2.75) is 64.4 Å². The maximum Gasteiger partial charge on any atom is 0.119 e. The van der Waals surface area contributed by atoms with Gasteiger partial charge in [0, 0.05) is 6.61 Å². The lowest BCUT2D eigenvalue weighted by Gasteiger charge is -2.28. The highest BCUT2D eigenvalue weighted by molar-refractivity contribution is 5.48. The summed E-state index contributed by atoms with van der Waals surface area (Å²) in [6, 6.07) is 23.7. The fraction of sp³-hybridized carbons (Fsp3) is 0.400. The van der Waals surface area contributed by atoms with Gasteiger partial charge >= 0.3 is 0 Å². The van der Waals surface area contributed by atoms with Gasteiger partial charge in [-0.15, -0.1) is 0 Å². The number of rotatable bonds is 11. The summed E-state index contributed by atoms with van der Waals surface area (Å²) in [5, 5.41) is 17.4. The molecule has 188 valence electrons. The van der Waals surface area contributed by atoms with Crippen LogP contribution in [0.15, 0.2) is 93.3 Å². The van der Waals surface area contributed by atoms with Gasteiger partial charge in [0.15, 0.2) is 0 Å². The number of nitrogens with zero attached hydrogens (tertiary/aromatic N) is 4. The van der Waals surface area contributed by atoms with Crippen LogP contribution in [0, 0.1) is 0 Å². The summed E-state index contributed by atoms with van der Waals surface area (Å²) < 4.78 is 11.5. The van der Waals surface area contributed by atoms with Crippen molar-refractivity contribution in [3.8, 4) is 5.75 Å². The summed E-state index contributed by atoms with van der Waals surface area (Å²) in [5.74, 6) is 1.46. The maximum atomic E-state index is 5.92. The van der Waals surface area contributed by atoms with Crippen LogP contribution in [0.4, 0.5) is 22.7 Å². The molecule has 1 saturated carbocycles. The molecular formula is C30H36N4O2. The van der Waals surface area contributed by atoms with Gasteiger partial charge in [0.05, 0.1) is 35.5 Å². The monoisotopic (exact) mass is 484 g/mol. The minimum atomic E-state index is 0.444. The Hall–Kier alpha value is -3.38. The molecule has 1 aliphatic rings. The van der Waals surface area contributed by atoms with Gasteiger partial charge in [-0.25, -0.2) is 0 Å². The number of ether oxygens (including phenoxy) is 2. The van der Waals surface area contributed by atoms with Crippen molar-refractivity contribution >= 4 is 22.7 Å². The molecule has 0 spiro atoms. The third kappa shape index (κ3) is 7.82. The molecule has 0 heterocycles. The molecule has 6 heteroatoms. The second-order valence-corrected chi connectivity index (χ2v) is 9.19. The van der Waals surface area contributed by atoms with Crippen LogP contribution in [-0.2, 0) is 4.74 Å². The Morgan fingerprint density at radius 3 is 1.50 bits per heavy atom. The molecular weight excluding hydrogens is 448 g/mol. The largest absolute Gasteiger partial charge is 0.494 e. The first-order valence-electron chi connectivity index (χ1n) is 13.1. The minimum absolute atomic E-state index is 0.444. The molecule has 0 atom stereocenters. The standard InChI is InChI=1S/C30H36N4O2/c1-3-21-35-29-17-7-24(8-18-29)23-5-9-25(10-6-23)31-32-26-11-13-27(14-12-26)33-34-28-15-19-30(20-16-28)36-22-4-2/h5-6,9-16,19-20,24,29H,3-4,7-8,17-18,21-22H2,1-2H3/b32-31+,34-33+. The smallest absolute Gasteiger partial charge is 0.119 e. The highest BCUT2D eigenvalue weighted by Gasteiger charge is 2.22. The van der Waals surface area contributed by atoms with E-state index in [-0.39, 0.29) is 0 Å². The number of azo groups is 2. The van der Waals surface area contributed by atoms with Gasteiger partial charge in [0.1, 0.15) is 5.75 Å². The molecule has 4 rings (SSSR count). The first-order chi connectivity index (χ1) is 17.7. The third-order valence-corrected chi connectivity index (χ3v) is 6.32. The van der Waals surface area contributed by atoms with Gasteiger partial charge in [-0.3, -0.25) is 0 Å². The SMILES string of the molecule is CCCOc1ccc(/N=N/c2ccc(/N=N/c3ccc(C4CCC(OCCC)CC4)cc3)cc2)cc1. The van der Waals surface area contributed by atoms with E-state index in [2.05, 4.69) is 58.6 Å². The van der Waals surface area contributed by atoms with E-state index in [9.17, 15) is 0 Å². The van der Waals surface area contributed by atoms with E-state index in [0.717, 1.165) is 60.8 Å². The molecule has 3 aromatic carbocycles. The zero-order chi connectivity index (χ0) is 25.0. The van der Waals surface area contributed by atoms with Gasteiger partial charge in [0.2, 0.25) is 0 Å².